The van der Waals surface area contributed by atoms with Crippen LogP contribution in [0.3, 0.4) is 0 Å². The number of rotatable bonds is 7. The molecule has 2 saturated heterocycles. The summed E-state index contributed by atoms with van der Waals surface area (Å²) in [6.07, 6.45) is 12.3. The summed E-state index contributed by atoms with van der Waals surface area (Å²) in [5.74, 6) is 1.03. The molecule has 1 amide bonds. The quantitative estimate of drug-likeness (QED) is 0.762. The molecule has 0 unspecified atom stereocenters. The summed E-state index contributed by atoms with van der Waals surface area (Å²) in [5.41, 5.74) is -0.329. The molecule has 3 fully saturated rings. The molecule has 4 rings (SSSR count). The van der Waals surface area contributed by atoms with Crippen molar-refractivity contribution < 1.29 is 4.79 Å². The smallest absolute Gasteiger partial charge is 0.240 e. The Balaban J connectivity index is 1.40. The van der Waals surface area contributed by atoms with Gasteiger partial charge in [-0.25, -0.2) is 0 Å². The molecule has 3 aliphatic rings. The van der Waals surface area contributed by atoms with Gasteiger partial charge in [-0.3, -0.25) is 9.69 Å². The Labute approximate surface area is 162 Å². The zero-order valence-electron chi connectivity index (χ0n) is 16.6. The Morgan fingerprint density at radius 2 is 2.11 bits per heavy atom. The molecule has 0 bridgehead atoms. The number of hydrogen-bond acceptors (Lipinski definition) is 5. The molecule has 7 heteroatoms. The first-order valence-corrected chi connectivity index (χ1v) is 10.9. The highest BCUT2D eigenvalue weighted by Crippen LogP contribution is 2.38. The van der Waals surface area contributed by atoms with Crippen molar-refractivity contribution in [2.24, 2.45) is 0 Å². The van der Waals surface area contributed by atoms with Crippen LogP contribution in [0, 0.1) is 0 Å². The molecule has 1 aliphatic carbocycles. The van der Waals surface area contributed by atoms with Gasteiger partial charge in [-0.05, 0) is 51.5 Å². The van der Waals surface area contributed by atoms with Crippen LogP contribution in [0.2, 0.25) is 0 Å². The van der Waals surface area contributed by atoms with Crippen LogP contribution >= 0.6 is 0 Å². The largest absolute Gasteiger partial charge is 0.347 e. The van der Waals surface area contributed by atoms with Gasteiger partial charge in [-0.2, -0.15) is 0 Å². The second-order valence-corrected chi connectivity index (χ2v) is 8.61. The van der Waals surface area contributed by atoms with Crippen LogP contribution in [-0.2, 0) is 17.9 Å². The molecule has 1 aromatic heterocycles. The number of carbonyl (C=O) groups is 1. The van der Waals surface area contributed by atoms with Gasteiger partial charge in [0.1, 0.15) is 11.9 Å². The predicted molar refractivity (Wildman–Crippen MR) is 104 cm³/mol. The van der Waals surface area contributed by atoms with E-state index in [4.69, 9.17) is 0 Å². The van der Waals surface area contributed by atoms with E-state index in [2.05, 4.69) is 32.7 Å². The van der Waals surface area contributed by atoms with Crippen LogP contribution in [0.1, 0.15) is 70.5 Å². The van der Waals surface area contributed by atoms with Crippen molar-refractivity contribution in [3.05, 3.63) is 12.2 Å². The number of fused-ring (bicyclic) bond motifs is 1. The SMILES string of the molecule is CCCn1cnnc1CNC(=O)[C@@]12CCCCN1C[C@@H](NC1CCCC1)C2. The minimum Gasteiger partial charge on any atom is -0.347 e. The van der Waals surface area contributed by atoms with E-state index < -0.39 is 0 Å². The minimum absolute atomic E-state index is 0.184. The summed E-state index contributed by atoms with van der Waals surface area (Å²) in [7, 11) is 0. The lowest BCUT2D eigenvalue weighted by atomic mass is 9.84. The molecule has 7 nitrogen and oxygen atoms in total. The Hall–Kier alpha value is -1.47. The maximum atomic E-state index is 13.3. The van der Waals surface area contributed by atoms with Crippen LogP contribution in [0.15, 0.2) is 6.33 Å². The fraction of sp³-hybridized carbons (Fsp3) is 0.850. The van der Waals surface area contributed by atoms with Gasteiger partial charge in [-0.1, -0.05) is 19.8 Å². The van der Waals surface area contributed by atoms with Crippen molar-refractivity contribution >= 4 is 5.91 Å². The summed E-state index contributed by atoms with van der Waals surface area (Å²) in [4.78, 5) is 15.8. The predicted octanol–water partition coefficient (Wildman–Crippen LogP) is 1.83. The second-order valence-electron chi connectivity index (χ2n) is 8.61. The Morgan fingerprint density at radius 3 is 2.93 bits per heavy atom. The normalized spacial score (nSPS) is 29.1. The topological polar surface area (TPSA) is 75.1 Å². The van der Waals surface area contributed by atoms with E-state index in [9.17, 15) is 4.79 Å². The molecule has 150 valence electrons. The van der Waals surface area contributed by atoms with Gasteiger partial charge in [0, 0.05) is 25.2 Å². The number of carbonyl (C=O) groups excluding carboxylic acids is 1. The molecule has 1 saturated carbocycles. The first-order chi connectivity index (χ1) is 13.2. The molecule has 2 N–H and O–H groups in total. The highest BCUT2D eigenvalue weighted by Gasteiger charge is 2.52. The van der Waals surface area contributed by atoms with Crippen LogP contribution in [0.5, 0.6) is 0 Å². The fourth-order valence-corrected chi connectivity index (χ4v) is 5.38. The number of hydrogen-bond donors (Lipinski definition) is 2. The van der Waals surface area contributed by atoms with Crippen LogP contribution in [0.4, 0.5) is 0 Å². The molecule has 0 spiro atoms. The number of piperidine rings is 1. The molecule has 2 aliphatic heterocycles. The third kappa shape index (κ3) is 3.90. The zero-order chi connectivity index (χ0) is 18.7. The van der Waals surface area contributed by atoms with Crippen molar-refractivity contribution in [3.8, 4) is 0 Å². The van der Waals surface area contributed by atoms with Gasteiger partial charge in [0.15, 0.2) is 5.82 Å². The molecule has 27 heavy (non-hydrogen) atoms. The lowest BCUT2D eigenvalue weighted by Gasteiger charge is -2.40. The molecule has 1 aromatic rings. The average Bonchev–Trinajstić information content (AvgIpc) is 3.40. The van der Waals surface area contributed by atoms with E-state index in [1.165, 1.54) is 32.1 Å². The maximum Gasteiger partial charge on any atom is 0.240 e. The van der Waals surface area contributed by atoms with Crippen LogP contribution in [0.25, 0.3) is 0 Å². The van der Waals surface area contributed by atoms with E-state index in [0.717, 1.165) is 51.1 Å². The lowest BCUT2D eigenvalue weighted by Crippen LogP contribution is -2.57. The van der Waals surface area contributed by atoms with E-state index in [1.807, 2.05) is 4.57 Å². The van der Waals surface area contributed by atoms with Crippen molar-refractivity contribution in [1.29, 1.82) is 0 Å². The number of nitrogens with one attached hydrogen (secondary N) is 2. The Bertz CT molecular complexity index is 640. The number of aryl methyl sites for hydroxylation is 1. The molecular formula is C20H34N6O. The summed E-state index contributed by atoms with van der Waals surface area (Å²) < 4.78 is 2.04. The summed E-state index contributed by atoms with van der Waals surface area (Å²) in [5, 5.41) is 15.3. The Morgan fingerprint density at radius 1 is 1.26 bits per heavy atom. The molecule has 3 heterocycles. The maximum absolute atomic E-state index is 13.3. The lowest BCUT2D eigenvalue weighted by molar-refractivity contribution is -0.134. The molecule has 2 atom stereocenters. The van der Waals surface area contributed by atoms with E-state index in [0.29, 0.717) is 18.6 Å². The van der Waals surface area contributed by atoms with Gasteiger partial charge in [-0.15, -0.1) is 10.2 Å². The molecular weight excluding hydrogens is 340 g/mol. The summed E-state index contributed by atoms with van der Waals surface area (Å²) in [6.45, 7) is 5.55. The minimum atomic E-state index is -0.329. The first-order valence-electron chi connectivity index (χ1n) is 10.9. The van der Waals surface area contributed by atoms with E-state index in [1.54, 1.807) is 6.33 Å². The van der Waals surface area contributed by atoms with Gasteiger partial charge >= 0.3 is 0 Å². The standard InChI is InChI=1S/C20H34N6O/c1-2-10-25-15-22-24-18(25)13-21-19(27)20-9-5-6-11-26(20)14-17(12-20)23-16-7-3-4-8-16/h15-17,23H,2-14H2,1H3,(H,21,27)/t17-,20-/m0/s1. The monoisotopic (exact) mass is 374 g/mol. The number of aromatic nitrogens is 3. The van der Waals surface area contributed by atoms with Gasteiger partial charge in [0.05, 0.1) is 6.54 Å². The third-order valence-corrected chi connectivity index (χ3v) is 6.72. The van der Waals surface area contributed by atoms with Gasteiger partial charge < -0.3 is 15.2 Å². The van der Waals surface area contributed by atoms with Crippen molar-refractivity contribution in [2.45, 2.75) is 95.4 Å². The van der Waals surface area contributed by atoms with Crippen molar-refractivity contribution in [1.82, 2.24) is 30.3 Å². The van der Waals surface area contributed by atoms with Gasteiger partial charge in [0.25, 0.3) is 0 Å². The fourth-order valence-electron chi connectivity index (χ4n) is 5.38. The summed E-state index contributed by atoms with van der Waals surface area (Å²) >= 11 is 0. The third-order valence-electron chi connectivity index (χ3n) is 6.72. The van der Waals surface area contributed by atoms with Crippen LogP contribution < -0.4 is 10.6 Å². The Kier molecular flexibility index (Phi) is 5.78. The van der Waals surface area contributed by atoms with E-state index >= 15 is 0 Å². The summed E-state index contributed by atoms with van der Waals surface area (Å²) in [6, 6.07) is 1.10. The second kappa shape index (κ2) is 8.27. The average molecular weight is 375 g/mol. The number of amides is 1. The van der Waals surface area contributed by atoms with Crippen LogP contribution in [-0.4, -0.2) is 56.3 Å². The molecule has 0 aromatic carbocycles. The first kappa shape index (κ1) is 18.9. The van der Waals surface area contributed by atoms with E-state index in [-0.39, 0.29) is 11.4 Å². The number of nitrogens with zero attached hydrogens (tertiary/aromatic N) is 4. The highest BCUT2D eigenvalue weighted by molar-refractivity contribution is 5.87. The van der Waals surface area contributed by atoms with Gasteiger partial charge in [0.2, 0.25) is 5.91 Å². The zero-order valence-corrected chi connectivity index (χ0v) is 16.6. The molecule has 0 radical (unpaired) electrons. The van der Waals surface area contributed by atoms with Crippen molar-refractivity contribution in [2.75, 3.05) is 13.1 Å². The highest BCUT2D eigenvalue weighted by atomic mass is 16.2. The van der Waals surface area contributed by atoms with Crippen molar-refractivity contribution in [3.63, 3.8) is 0 Å².